The van der Waals surface area contributed by atoms with Gasteiger partial charge in [-0.25, -0.2) is 0 Å². The molecule has 2 aliphatic carbocycles. The van der Waals surface area contributed by atoms with Crippen LogP contribution in [0.1, 0.15) is 25.7 Å². The molecule has 0 bridgehead atoms. The molecule has 11 heavy (non-hydrogen) atoms. The molecule has 2 saturated carbocycles. The highest BCUT2D eigenvalue weighted by Crippen LogP contribution is 2.33. The molecule has 2 fully saturated rings. The maximum Gasteiger partial charge on any atom is 0.0986 e. The van der Waals surface area contributed by atoms with Gasteiger partial charge in [-0.1, -0.05) is 0 Å². The summed E-state index contributed by atoms with van der Waals surface area (Å²) in [6, 6.07) is 0. The molecule has 0 aromatic carbocycles. The fourth-order valence-corrected chi connectivity index (χ4v) is 1.45. The van der Waals surface area contributed by atoms with Gasteiger partial charge in [0.1, 0.15) is 0 Å². The van der Waals surface area contributed by atoms with Crippen LogP contribution in [0.5, 0.6) is 0 Å². The molecule has 2 nitrogen and oxygen atoms in total. The van der Waals surface area contributed by atoms with Crippen LogP contribution in [0.15, 0.2) is 0 Å². The van der Waals surface area contributed by atoms with Gasteiger partial charge in [0.25, 0.3) is 0 Å². The zero-order valence-corrected chi connectivity index (χ0v) is 7.14. The van der Waals surface area contributed by atoms with E-state index in [-0.39, 0.29) is 0 Å². The van der Waals surface area contributed by atoms with E-state index in [2.05, 4.69) is 11.9 Å². The third-order valence-corrected chi connectivity index (χ3v) is 2.60. The van der Waals surface area contributed by atoms with Crippen LogP contribution in [-0.2, 0) is 0 Å². The Balaban J connectivity index is 1.76. The molecule has 0 spiro atoms. The first-order valence-electron chi connectivity index (χ1n) is 4.57. The van der Waals surface area contributed by atoms with Crippen LogP contribution in [0, 0.1) is 17.2 Å². The number of rotatable bonds is 3. The first kappa shape index (κ1) is 7.14. The zero-order chi connectivity index (χ0) is 7.84. The summed E-state index contributed by atoms with van der Waals surface area (Å²) >= 11 is 0. The smallest absolute Gasteiger partial charge is 0.0986 e. The van der Waals surface area contributed by atoms with Gasteiger partial charge in [-0.15, -0.1) is 0 Å². The van der Waals surface area contributed by atoms with E-state index in [9.17, 15) is 0 Å². The SMILES string of the molecule is CN(CC1CC1)C(=N)C1CC1. The van der Waals surface area contributed by atoms with E-state index in [4.69, 9.17) is 5.41 Å². The van der Waals surface area contributed by atoms with Crippen molar-refractivity contribution in [3.05, 3.63) is 0 Å². The van der Waals surface area contributed by atoms with Gasteiger partial charge in [-0.05, 0) is 31.6 Å². The minimum absolute atomic E-state index is 0.624. The Morgan fingerprint density at radius 1 is 1.36 bits per heavy atom. The molecule has 0 heterocycles. The van der Waals surface area contributed by atoms with Crippen LogP contribution < -0.4 is 0 Å². The van der Waals surface area contributed by atoms with Crippen molar-refractivity contribution in [3.8, 4) is 0 Å². The van der Waals surface area contributed by atoms with Crippen LogP contribution in [0.2, 0.25) is 0 Å². The molecule has 1 N–H and O–H groups in total. The summed E-state index contributed by atoms with van der Waals surface area (Å²) in [6.45, 7) is 1.13. The predicted molar refractivity (Wildman–Crippen MR) is 45.8 cm³/mol. The van der Waals surface area contributed by atoms with E-state index in [1.165, 1.54) is 25.7 Å². The summed E-state index contributed by atoms with van der Waals surface area (Å²) in [6.07, 6.45) is 5.30. The Hall–Kier alpha value is -0.530. The first-order chi connectivity index (χ1) is 5.27. The van der Waals surface area contributed by atoms with Gasteiger partial charge in [0.2, 0.25) is 0 Å². The molecule has 0 unspecified atom stereocenters. The highest BCUT2D eigenvalue weighted by molar-refractivity contribution is 5.83. The van der Waals surface area contributed by atoms with Crippen molar-refractivity contribution in [3.63, 3.8) is 0 Å². The van der Waals surface area contributed by atoms with E-state index in [0.29, 0.717) is 5.92 Å². The van der Waals surface area contributed by atoms with Crippen molar-refractivity contribution in [2.24, 2.45) is 11.8 Å². The lowest BCUT2D eigenvalue weighted by atomic mass is 10.3. The predicted octanol–water partition coefficient (Wildman–Crippen LogP) is 1.72. The molecular formula is C9H16N2. The van der Waals surface area contributed by atoms with E-state index in [1.807, 2.05) is 0 Å². The second-order valence-electron chi connectivity index (χ2n) is 3.98. The maximum atomic E-state index is 7.76. The Morgan fingerprint density at radius 3 is 2.45 bits per heavy atom. The van der Waals surface area contributed by atoms with Crippen molar-refractivity contribution in [1.82, 2.24) is 4.90 Å². The van der Waals surface area contributed by atoms with Crippen molar-refractivity contribution in [2.45, 2.75) is 25.7 Å². The highest BCUT2D eigenvalue weighted by Gasteiger charge is 2.31. The van der Waals surface area contributed by atoms with E-state index < -0.39 is 0 Å². The molecular weight excluding hydrogens is 136 g/mol. The topological polar surface area (TPSA) is 27.1 Å². The van der Waals surface area contributed by atoms with E-state index >= 15 is 0 Å². The maximum absolute atomic E-state index is 7.76. The van der Waals surface area contributed by atoms with Gasteiger partial charge < -0.3 is 4.90 Å². The second kappa shape index (κ2) is 2.50. The molecule has 62 valence electrons. The largest absolute Gasteiger partial charge is 0.363 e. The lowest BCUT2D eigenvalue weighted by molar-refractivity contribution is 0.459. The van der Waals surface area contributed by atoms with E-state index in [1.54, 1.807) is 0 Å². The molecule has 2 heteroatoms. The van der Waals surface area contributed by atoms with Crippen LogP contribution >= 0.6 is 0 Å². The van der Waals surface area contributed by atoms with Crippen LogP contribution in [0.3, 0.4) is 0 Å². The van der Waals surface area contributed by atoms with Crippen molar-refractivity contribution in [1.29, 1.82) is 5.41 Å². The van der Waals surface area contributed by atoms with Gasteiger partial charge >= 0.3 is 0 Å². The van der Waals surface area contributed by atoms with Gasteiger partial charge in [0, 0.05) is 19.5 Å². The van der Waals surface area contributed by atoms with Crippen molar-refractivity contribution < 1.29 is 0 Å². The average Bonchev–Trinajstić information content (AvgIpc) is 2.81. The summed E-state index contributed by atoms with van der Waals surface area (Å²) in [5, 5.41) is 7.76. The van der Waals surface area contributed by atoms with Crippen molar-refractivity contribution in [2.75, 3.05) is 13.6 Å². The number of hydrogen-bond acceptors (Lipinski definition) is 1. The van der Waals surface area contributed by atoms with Crippen LogP contribution in [-0.4, -0.2) is 24.3 Å². The van der Waals surface area contributed by atoms with Gasteiger partial charge in [-0.3, -0.25) is 5.41 Å². The van der Waals surface area contributed by atoms with Gasteiger partial charge in [-0.2, -0.15) is 0 Å². The Labute approximate surface area is 68.1 Å². The van der Waals surface area contributed by atoms with E-state index in [0.717, 1.165) is 18.3 Å². The molecule has 0 amide bonds. The Morgan fingerprint density at radius 2 is 2.00 bits per heavy atom. The second-order valence-corrected chi connectivity index (χ2v) is 3.98. The standard InChI is InChI=1S/C9H16N2/c1-11(6-7-2-3-7)9(10)8-4-5-8/h7-8,10H,2-6H2,1H3. The lowest BCUT2D eigenvalue weighted by Gasteiger charge is -2.19. The van der Waals surface area contributed by atoms with Crippen LogP contribution in [0.4, 0.5) is 0 Å². The molecule has 0 radical (unpaired) electrons. The van der Waals surface area contributed by atoms with Gasteiger partial charge in [0.05, 0.1) is 5.84 Å². The van der Waals surface area contributed by atoms with Gasteiger partial charge in [0.15, 0.2) is 0 Å². The molecule has 0 aromatic heterocycles. The lowest BCUT2D eigenvalue weighted by Crippen LogP contribution is -2.29. The number of hydrogen-bond donors (Lipinski definition) is 1. The average molecular weight is 152 g/mol. The van der Waals surface area contributed by atoms with Crippen molar-refractivity contribution >= 4 is 5.84 Å². The highest BCUT2D eigenvalue weighted by atomic mass is 15.1. The Kier molecular flexibility index (Phi) is 1.63. The fourth-order valence-electron chi connectivity index (χ4n) is 1.45. The summed E-state index contributed by atoms with van der Waals surface area (Å²) in [4.78, 5) is 2.15. The molecule has 0 aliphatic heterocycles. The fraction of sp³-hybridized carbons (Fsp3) is 0.889. The van der Waals surface area contributed by atoms with Crippen LogP contribution in [0.25, 0.3) is 0 Å². The minimum atomic E-state index is 0.624. The quantitative estimate of drug-likeness (QED) is 0.484. The normalized spacial score (nSPS) is 23.4. The molecule has 2 aliphatic rings. The molecule has 0 atom stereocenters. The molecule has 2 rings (SSSR count). The third-order valence-electron chi connectivity index (χ3n) is 2.60. The monoisotopic (exact) mass is 152 g/mol. The first-order valence-corrected chi connectivity index (χ1v) is 4.57. The summed E-state index contributed by atoms with van der Waals surface area (Å²) in [7, 11) is 2.07. The zero-order valence-electron chi connectivity index (χ0n) is 7.14. The number of amidine groups is 1. The minimum Gasteiger partial charge on any atom is -0.363 e. The Bertz CT molecular complexity index is 168. The summed E-state index contributed by atoms with van der Waals surface area (Å²) < 4.78 is 0. The number of nitrogens with one attached hydrogen (secondary N) is 1. The molecule has 0 saturated heterocycles. The number of nitrogens with zero attached hydrogens (tertiary/aromatic N) is 1. The summed E-state index contributed by atoms with van der Waals surface area (Å²) in [5.41, 5.74) is 0. The summed E-state index contributed by atoms with van der Waals surface area (Å²) in [5.74, 6) is 2.43. The third kappa shape index (κ3) is 1.73. The molecule has 0 aromatic rings.